The lowest BCUT2D eigenvalue weighted by atomic mass is 10.2. The standard InChI is InChI=1S/C13H14ClNO2S2/c1-9-7-13(10(2)6-12(9)14)19(16,17)15-8-11-4-3-5-18-11/h3-7,15H,8H2,1-2H3. The van der Waals surface area contributed by atoms with Gasteiger partial charge in [0.2, 0.25) is 10.0 Å². The molecule has 2 rings (SSSR count). The Morgan fingerprint density at radius 2 is 2.00 bits per heavy atom. The van der Waals surface area contributed by atoms with Crippen molar-refractivity contribution in [2.24, 2.45) is 0 Å². The molecule has 2 aromatic rings. The molecule has 0 spiro atoms. The highest BCUT2D eigenvalue weighted by atomic mass is 35.5. The highest BCUT2D eigenvalue weighted by Crippen LogP contribution is 2.24. The van der Waals surface area contributed by atoms with E-state index in [1.54, 1.807) is 26.0 Å². The monoisotopic (exact) mass is 315 g/mol. The van der Waals surface area contributed by atoms with E-state index in [4.69, 9.17) is 11.6 Å². The van der Waals surface area contributed by atoms with Gasteiger partial charge in [-0.05, 0) is 48.6 Å². The van der Waals surface area contributed by atoms with Crippen LogP contribution in [0.25, 0.3) is 0 Å². The smallest absolute Gasteiger partial charge is 0.207 e. The largest absolute Gasteiger partial charge is 0.241 e. The van der Waals surface area contributed by atoms with Gasteiger partial charge >= 0.3 is 0 Å². The summed E-state index contributed by atoms with van der Waals surface area (Å²) in [5.74, 6) is 0. The SMILES string of the molecule is Cc1cc(S(=O)(=O)NCc2cccs2)c(C)cc1Cl. The van der Waals surface area contributed by atoms with Crippen LogP contribution in [0.1, 0.15) is 16.0 Å². The van der Waals surface area contributed by atoms with Gasteiger partial charge in [-0.15, -0.1) is 11.3 Å². The number of halogens is 1. The van der Waals surface area contributed by atoms with E-state index in [9.17, 15) is 8.42 Å². The molecule has 0 unspecified atom stereocenters. The maximum Gasteiger partial charge on any atom is 0.241 e. The van der Waals surface area contributed by atoms with E-state index < -0.39 is 10.0 Å². The van der Waals surface area contributed by atoms with E-state index >= 15 is 0 Å². The fourth-order valence-corrected chi connectivity index (χ4v) is 3.97. The van der Waals surface area contributed by atoms with Gasteiger partial charge in [-0.3, -0.25) is 0 Å². The molecule has 19 heavy (non-hydrogen) atoms. The number of benzene rings is 1. The zero-order chi connectivity index (χ0) is 14.0. The van der Waals surface area contributed by atoms with E-state index in [0.29, 0.717) is 17.1 Å². The minimum absolute atomic E-state index is 0.283. The van der Waals surface area contributed by atoms with Crippen LogP contribution in [0.15, 0.2) is 34.5 Å². The maximum absolute atomic E-state index is 12.3. The van der Waals surface area contributed by atoms with Crippen LogP contribution in [-0.2, 0) is 16.6 Å². The third kappa shape index (κ3) is 3.36. The lowest BCUT2D eigenvalue weighted by Gasteiger charge is -2.10. The zero-order valence-electron chi connectivity index (χ0n) is 10.6. The van der Waals surface area contributed by atoms with Gasteiger partial charge < -0.3 is 0 Å². The van der Waals surface area contributed by atoms with Crippen LogP contribution in [-0.4, -0.2) is 8.42 Å². The highest BCUT2D eigenvalue weighted by molar-refractivity contribution is 7.89. The number of sulfonamides is 1. The van der Waals surface area contributed by atoms with E-state index in [1.165, 1.54) is 11.3 Å². The van der Waals surface area contributed by atoms with Gasteiger partial charge in [0, 0.05) is 16.4 Å². The van der Waals surface area contributed by atoms with E-state index in [2.05, 4.69) is 4.72 Å². The third-order valence-corrected chi connectivity index (χ3v) is 5.59. The zero-order valence-corrected chi connectivity index (χ0v) is 13.0. The van der Waals surface area contributed by atoms with Crippen LogP contribution in [0.5, 0.6) is 0 Å². The number of aryl methyl sites for hydroxylation is 2. The molecule has 1 N–H and O–H groups in total. The molecule has 3 nitrogen and oxygen atoms in total. The summed E-state index contributed by atoms with van der Waals surface area (Å²) in [6, 6.07) is 7.07. The molecule has 0 amide bonds. The van der Waals surface area contributed by atoms with Crippen molar-refractivity contribution in [1.29, 1.82) is 0 Å². The second-order valence-corrected chi connectivity index (χ2v) is 7.45. The minimum atomic E-state index is -3.51. The van der Waals surface area contributed by atoms with E-state index in [0.717, 1.165) is 10.4 Å². The maximum atomic E-state index is 12.3. The Bertz CT molecular complexity index is 679. The molecule has 0 saturated carbocycles. The predicted molar refractivity (Wildman–Crippen MR) is 79.3 cm³/mol. The van der Waals surface area contributed by atoms with Crippen LogP contribution >= 0.6 is 22.9 Å². The Morgan fingerprint density at radius 3 is 2.63 bits per heavy atom. The Hall–Kier alpha value is -0.880. The molecule has 102 valence electrons. The number of rotatable bonds is 4. The summed E-state index contributed by atoms with van der Waals surface area (Å²) in [7, 11) is -3.51. The fraction of sp³-hybridized carbons (Fsp3) is 0.231. The molecule has 0 fully saturated rings. The normalized spacial score (nSPS) is 11.7. The molecule has 0 bridgehead atoms. The topological polar surface area (TPSA) is 46.2 Å². The van der Waals surface area contributed by atoms with Gasteiger partial charge in [0.1, 0.15) is 0 Å². The average molecular weight is 316 g/mol. The summed E-state index contributed by atoms with van der Waals surface area (Å²) < 4.78 is 27.1. The van der Waals surface area contributed by atoms with Crippen molar-refractivity contribution >= 4 is 33.0 Å². The van der Waals surface area contributed by atoms with Gasteiger partial charge in [-0.25, -0.2) is 13.1 Å². The minimum Gasteiger partial charge on any atom is -0.207 e. The number of hydrogen-bond donors (Lipinski definition) is 1. The molecular formula is C13H14ClNO2S2. The van der Waals surface area contributed by atoms with Gasteiger partial charge in [-0.2, -0.15) is 0 Å². The molecule has 0 saturated heterocycles. The van der Waals surface area contributed by atoms with Gasteiger partial charge in [0.15, 0.2) is 0 Å². The summed E-state index contributed by atoms with van der Waals surface area (Å²) in [5.41, 5.74) is 1.40. The van der Waals surface area contributed by atoms with Crippen molar-refractivity contribution in [3.63, 3.8) is 0 Å². The number of hydrogen-bond acceptors (Lipinski definition) is 3. The lowest BCUT2D eigenvalue weighted by molar-refractivity contribution is 0.581. The van der Waals surface area contributed by atoms with Crippen LogP contribution in [0, 0.1) is 13.8 Å². The molecule has 1 heterocycles. The quantitative estimate of drug-likeness (QED) is 0.938. The van der Waals surface area contributed by atoms with Crippen LogP contribution in [0.2, 0.25) is 5.02 Å². The Morgan fingerprint density at radius 1 is 1.26 bits per heavy atom. The van der Waals surface area contributed by atoms with Gasteiger partial charge in [0.25, 0.3) is 0 Å². The van der Waals surface area contributed by atoms with Crippen molar-refractivity contribution in [3.8, 4) is 0 Å². The van der Waals surface area contributed by atoms with Gasteiger partial charge in [0.05, 0.1) is 4.90 Å². The Labute approximate surface area is 122 Å². The second kappa shape index (κ2) is 5.63. The molecule has 0 aliphatic carbocycles. The predicted octanol–water partition coefficient (Wildman–Crippen LogP) is 3.50. The fourth-order valence-electron chi connectivity index (χ4n) is 1.70. The first-order chi connectivity index (χ1) is 8.90. The number of thiophene rings is 1. The first-order valence-corrected chi connectivity index (χ1v) is 8.43. The molecule has 6 heteroatoms. The molecule has 0 aliphatic rings. The lowest BCUT2D eigenvalue weighted by Crippen LogP contribution is -2.23. The third-order valence-electron chi connectivity index (χ3n) is 2.76. The van der Waals surface area contributed by atoms with E-state index in [1.807, 2.05) is 17.5 Å². The van der Waals surface area contributed by atoms with Crippen LogP contribution in [0.4, 0.5) is 0 Å². The van der Waals surface area contributed by atoms with Crippen LogP contribution < -0.4 is 4.72 Å². The Kier molecular flexibility index (Phi) is 4.30. The summed E-state index contributed by atoms with van der Waals surface area (Å²) in [4.78, 5) is 1.26. The Balaban J connectivity index is 2.27. The average Bonchev–Trinajstić information content (AvgIpc) is 2.84. The molecule has 0 radical (unpaired) electrons. The van der Waals surface area contributed by atoms with Crippen molar-refractivity contribution in [2.75, 3.05) is 0 Å². The number of nitrogens with one attached hydrogen (secondary N) is 1. The molecule has 1 aromatic carbocycles. The van der Waals surface area contributed by atoms with Crippen LogP contribution in [0.3, 0.4) is 0 Å². The summed E-state index contributed by atoms with van der Waals surface area (Å²) >= 11 is 7.50. The van der Waals surface area contributed by atoms with Gasteiger partial charge in [-0.1, -0.05) is 17.7 Å². The molecule has 1 aromatic heterocycles. The van der Waals surface area contributed by atoms with Crippen molar-refractivity contribution in [1.82, 2.24) is 4.72 Å². The first kappa shape index (κ1) is 14.5. The summed E-state index contributed by atoms with van der Waals surface area (Å²) in [5, 5.41) is 2.50. The summed E-state index contributed by atoms with van der Waals surface area (Å²) in [6.45, 7) is 3.84. The first-order valence-electron chi connectivity index (χ1n) is 5.69. The summed E-state index contributed by atoms with van der Waals surface area (Å²) in [6.07, 6.45) is 0. The van der Waals surface area contributed by atoms with Crippen molar-refractivity contribution in [2.45, 2.75) is 25.3 Å². The van der Waals surface area contributed by atoms with E-state index in [-0.39, 0.29) is 4.90 Å². The van der Waals surface area contributed by atoms with Crippen molar-refractivity contribution in [3.05, 3.63) is 50.7 Å². The second-order valence-electron chi connectivity index (χ2n) is 4.27. The molecule has 0 aliphatic heterocycles. The molecular weight excluding hydrogens is 302 g/mol. The molecule has 0 atom stereocenters. The van der Waals surface area contributed by atoms with Crippen molar-refractivity contribution < 1.29 is 8.42 Å². The highest BCUT2D eigenvalue weighted by Gasteiger charge is 2.18.